The molecule has 1 aromatic rings. The number of aryl methyl sites for hydroxylation is 1. The van der Waals surface area contributed by atoms with E-state index in [1.807, 2.05) is 0 Å². The number of amides is 1. The van der Waals surface area contributed by atoms with E-state index < -0.39 is 12.0 Å². The Morgan fingerprint density at radius 3 is 2.79 bits per heavy atom. The number of hydrogen-bond acceptors (Lipinski definition) is 4. The molecule has 19 heavy (non-hydrogen) atoms. The fourth-order valence-electron chi connectivity index (χ4n) is 1.96. The second kappa shape index (κ2) is 4.93. The van der Waals surface area contributed by atoms with Gasteiger partial charge in [0.2, 0.25) is 0 Å². The summed E-state index contributed by atoms with van der Waals surface area (Å²) >= 11 is 0. The Hall–Kier alpha value is -2.02. The molecule has 0 saturated carbocycles. The summed E-state index contributed by atoms with van der Waals surface area (Å²) in [5.74, 6) is 2.71. The van der Waals surface area contributed by atoms with Crippen molar-refractivity contribution in [3.63, 3.8) is 0 Å². The Bertz CT molecular complexity index is 532. The van der Waals surface area contributed by atoms with E-state index >= 15 is 0 Å². The normalized spacial score (nSPS) is 14.8. The first-order chi connectivity index (χ1) is 8.94. The van der Waals surface area contributed by atoms with Gasteiger partial charge in [-0.25, -0.2) is 5.84 Å². The minimum atomic E-state index is -4.05. The van der Waals surface area contributed by atoms with Gasteiger partial charge < -0.3 is 4.74 Å². The molecular formula is C12H12F2N2O3. The number of carbonyl (C=O) groups is 2. The van der Waals surface area contributed by atoms with Crippen molar-refractivity contribution in [2.24, 2.45) is 5.84 Å². The lowest BCUT2D eigenvalue weighted by Crippen LogP contribution is -2.47. The Labute approximate surface area is 107 Å². The van der Waals surface area contributed by atoms with Crippen LogP contribution in [0.1, 0.15) is 28.8 Å². The molecule has 0 atom stereocenters. The van der Waals surface area contributed by atoms with Gasteiger partial charge in [0.25, 0.3) is 0 Å². The summed E-state index contributed by atoms with van der Waals surface area (Å²) in [7, 11) is 0. The number of rotatable bonds is 3. The van der Waals surface area contributed by atoms with Gasteiger partial charge in [-0.05, 0) is 36.6 Å². The van der Waals surface area contributed by atoms with E-state index in [2.05, 4.69) is 10.6 Å². The third-order valence-corrected chi connectivity index (χ3v) is 2.87. The number of nitrogens with two attached hydrogens (primary N) is 1. The Kier molecular flexibility index (Phi) is 3.48. The molecular weight excluding hydrogens is 258 g/mol. The van der Waals surface area contributed by atoms with Gasteiger partial charge in [-0.15, -0.1) is 0 Å². The molecule has 0 heterocycles. The molecule has 7 heteroatoms. The fourth-order valence-corrected chi connectivity index (χ4v) is 1.96. The number of Topliss-reactive ketones (excluding diaryl/α,β-unsaturated/α-hetero) is 1. The van der Waals surface area contributed by atoms with Crippen molar-refractivity contribution in [1.82, 2.24) is 5.43 Å². The summed E-state index contributed by atoms with van der Waals surface area (Å²) in [5.41, 5.74) is 2.50. The highest BCUT2D eigenvalue weighted by molar-refractivity contribution is 5.98. The van der Waals surface area contributed by atoms with Crippen molar-refractivity contribution < 1.29 is 23.1 Å². The van der Waals surface area contributed by atoms with E-state index in [0.717, 1.165) is 0 Å². The van der Waals surface area contributed by atoms with Crippen LogP contribution in [-0.2, 0) is 11.2 Å². The molecule has 0 saturated heterocycles. The van der Waals surface area contributed by atoms with Crippen molar-refractivity contribution in [2.75, 3.05) is 0 Å². The summed E-state index contributed by atoms with van der Waals surface area (Å²) in [5, 5.41) is 0. The van der Waals surface area contributed by atoms with E-state index in [4.69, 9.17) is 0 Å². The second-order valence-electron chi connectivity index (χ2n) is 4.19. The Balaban J connectivity index is 2.23. The minimum absolute atomic E-state index is 0.0146. The molecule has 1 aromatic carbocycles. The molecule has 1 amide bonds. The maximum Gasteiger partial charge on any atom is 0.483 e. The molecule has 102 valence electrons. The number of fused-ring (bicyclic) bond motifs is 1. The molecule has 5 nitrogen and oxygen atoms in total. The molecule has 0 aromatic heterocycles. The number of halogens is 2. The van der Waals surface area contributed by atoms with Crippen molar-refractivity contribution in [3.8, 4) is 5.75 Å². The van der Waals surface area contributed by atoms with Crippen molar-refractivity contribution in [1.29, 1.82) is 0 Å². The number of nitrogens with one attached hydrogen (secondary N) is 1. The molecule has 0 aliphatic heterocycles. The largest absolute Gasteiger partial charge is 0.483 e. The van der Waals surface area contributed by atoms with Gasteiger partial charge in [0.05, 0.1) is 0 Å². The SMILES string of the molecule is NNC(=O)C(F)(F)Oc1ccc2c(c1)CCCC2=O. The summed E-state index contributed by atoms with van der Waals surface area (Å²) in [6.45, 7) is 0. The number of ether oxygens (including phenoxy) is 1. The van der Waals surface area contributed by atoms with Crippen LogP contribution < -0.4 is 16.0 Å². The fraction of sp³-hybridized carbons (Fsp3) is 0.333. The smallest absolute Gasteiger partial charge is 0.425 e. The summed E-state index contributed by atoms with van der Waals surface area (Å²) in [6.07, 6.45) is -2.30. The number of alkyl halides is 2. The van der Waals surface area contributed by atoms with Crippen LogP contribution >= 0.6 is 0 Å². The third-order valence-electron chi connectivity index (χ3n) is 2.87. The number of ketones is 1. The summed E-state index contributed by atoms with van der Waals surface area (Å²) in [6, 6.07) is 4.02. The first kappa shape index (κ1) is 13.4. The first-order valence-corrected chi connectivity index (χ1v) is 5.68. The molecule has 0 radical (unpaired) electrons. The van der Waals surface area contributed by atoms with Crippen LogP contribution in [0.15, 0.2) is 18.2 Å². The van der Waals surface area contributed by atoms with Crippen LogP contribution in [-0.4, -0.2) is 17.8 Å². The maximum atomic E-state index is 13.2. The van der Waals surface area contributed by atoms with Crippen LogP contribution in [0.3, 0.4) is 0 Å². The van der Waals surface area contributed by atoms with E-state index in [-0.39, 0.29) is 11.5 Å². The highest BCUT2D eigenvalue weighted by Gasteiger charge is 2.42. The highest BCUT2D eigenvalue weighted by Crippen LogP contribution is 2.28. The second-order valence-corrected chi connectivity index (χ2v) is 4.19. The number of hydrazine groups is 1. The van der Waals surface area contributed by atoms with Gasteiger partial charge in [-0.1, -0.05) is 0 Å². The molecule has 0 unspecified atom stereocenters. The molecule has 0 spiro atoms. The zero-order valence-corrected chi connectivity index (χ0v) is 9.91. The Morgan fingerprint density at radius 1 is 1.37 bits per heavy atom. The maximum absolute atomic E-state index is 13.2. The third kappa shape index (κ3) is 2.70. The monoisotopic (exact) mass is 270 g/mol. The van der Waals surface area contributed by atoms with Crippen molar-refractivity contribution in [2.45, 2.75) is 25.4 Å². The standard InChI is InChI=1S/C12H12F2N2O3/c13-12(14,11(18)16-15)19-8-4-5-9-7(6-8)2-1-3-10(9)17/h4-6H,1-3,15H2,(H,16,18). The van der Waals surface area contributed by atoms with Gasteiger partial charge >= 0.3 is 12.0 Å². The molecule has 0 fully saturated rings. The summed E-state index contributed by atoms with van der Waals surface area (Å²) in [4.78, 5) is 22.4. The lowest BCUT2D eigenvalue weighted by molar-refractivity contribution is -0.192. The quantitative estimate of drug-likeness (QED) is 0.490. The molecule has 1 aliphatic carbocycles. The van der Waals surface area contributed by atoms with Gasteiger partial charge in [0.1, 0.15) is 5.75 Å². The average molecular weight is 270 g/mol. The summed E-state index contributed by atoms with van der Waals surface area (Å²) < 4.78 is 30.8. The minimum Gasteiger partial charge on any atom is -0.425 e. The van der Waals surface area contributed by atoms with Crippen molar-refractivity contribution >= 4 is 11.7 Å². The van der Waals surface area contributed by atoms with E-state index in [1.54, 1.807) is 0 Å². The molecule has 3 N–H and O–H groups in total. The Morgan fingerprint density at radius 2 is 2.11 bits per heavy atom. The zero-order chi connectivity index (χ0) is 14.0. The van der Waals surface area contributed by atoms with Gasteiger partial charge in [0, 0.05) is 12.0 Å². The van der Waals surface area contributed by atoms with Crippen molar-refractivity contribution in [3.05, 3.63) is 29.3 Å². The van der Waals surface area contributed by atoms with E-state index in [1.165, 1.54) is 23.6 Å². The predicted molar refractivity (Wildman–Crippen MR) is 61.6 cm³/mol. The molecule has 1 aliphatic rings. The number of benzene rings is 1. The van der Waals surface area contributed by atoms with Crippen LogP contribution in [0.4, 0.5) is 8.78 Å². The lowest BCUT2D eigenvalue weighted by atomic mass is 9.90. The highest BCUT2D eigenvalue weighted by atomic mass is 19.3. The first-order valence-electron chi connectivity index (χ1n) is 5.68. The van der Waals surface area contributed by atoms with Crippen LogP contribution in [0.2, 0.25) is 0 Å². The van der Waals surface area contributed by atoms with Gasteiger partial charge in [-0.2, -0.15) is 8.78 Å². The van der Waals surface area contributed by atoms with Gasteiger partial charge in [-0.3, -0.25) is 15.0 Å². The predicted octanol–water partition coefficient (Wildman–Crippen LogP) is 1.17. The average Bonchev–Trinajstić information content (AvgIpc) is 2.37. The van der Waals surface area contributed by atoms with E-state index in [9.17, 15) is 18.4 Å². The lowest BCUT2D eigenvalue weighted by Gasteiger charge is -2.19. The number of carbonyl (C=O) groups excluding carboxylic acids is 2. The van der Waals surface area contributed by atoms with Gasteiger partial charge in [0.15, 0.2) is 5.78 Å². The van der Waals surface area contributed by atoms with Crippen LogP contribution in [0, 0.1) is 0 Å². The zero-order valence-electron chi connectivity index (χ0n) is 9.91. The van der Waals surface area contributed by atoms with Crippen LogP contribution in [0.5, 0.6) is 5.75 Å². The molecule has 2 rings (SSSR count). The molecule has 0 bridgehead atoms. The van der Waals surface area contributed by atoms with E-state index in [0.29, 0.717) is 30.4 Å². The number of hydrogen-bond donors (Lipinski definition) is 2. The topological polar surface area (TPSA) is 81.4 Å². The van der Waals surface area contributed by atoms with Crippen LogP contribution in [0.25, 0.3) is 0 Å².